The van der Waals surface area contributed by atoms with Gasteiger partial charge in [0, 0.05) is 5.69 Å². The number of ether oxygens (including phenoxy) is 3. The highest BCUT2D eigenvalue weighted by Crippen LogP contribution is 2.32. The van der Waals surface area contributed by atoms with E-state index in [9.17, 15) is 9.59 Å². The Morgan fingerprint density at radius 3 is 2.56 bits per heavy atom. The van der Waals surface area contributed by atoms with Crippen LogP contribution in [0, 0.1) is 0 Å². The zero-order valence-corrected chi connectivity index (χ0v) is 14.1. The molecule has 1 N–H and O–H groups in total. The Morgan fingerprint density at radius 2 is 1.84 bits per heavy atom. The molecule has 0 saturated heterocycles. The third-order valence-corrected chi connectivity index (χ3v) is 3.89. The van der Waals surface area contributed by atoms with Crippen molar-refractivity contribution in [2.24, 2.45) is 0 Å². The van der Waals surface area contributed by atoms with E-state index in [1.165, 1.54) is 12.5 Å². The molecule has 0 aliphatic carbocycles. The second-order valence-electron chi connectivity index (χ2n) is 5.66. The third-order valence-electron chi connectivity index (χ3n) is 3.89. The summed E-state index contributed by atoms with van der Waals surface area (Å²) in [6, 6.07) is 12.3. The standard InChI is InChI=1S/C19H19NO5/c1-3-13-4-7-15(8-5-13)20-18(21)12(2)25-19(22)14-6-9-16-17(10-14)24-11-23-16/h4-10,12H,3,11H2,1-2H3,(H,20,21)/t12-/m1/s1. The highest BCUT2D eigenvalue weighted by Gasteiger charge is 2.21. The second-order valence-corrected chi connectivity index (χ2v) is 5.66. The van der Waals surface area contributed by atoms with Crippen LogP contribution >= 0.6 is 0 Å². The van der Waals surface area contributed by atoms with Gasteiger partial charge in [-0.1, -0.05) is 19.1 Å². The minimum absolute atomic E-state index is 0.128. The van der Waals surface area contributed by atoms with Gasteiger partial charge in [0.1, 0.15) is 0 Å². The van der Waals surface area contributed by atoms with Crippen LogP contribution in [0.2, 0.25) is 0 Å². The number of rotatable bonds is 5. The number of hydrogen-bond donors (Lipinski definition) is 1. The molecule has 25 heavy (non-hydrogen) atoms. The predicted octanol–water partition coefficient (Wildman–Crippen LogP) is 3.16. The van der Waals surface area contributed by atoms with E-state index in [1.54, 1.807) is 18.2 Å². The predicted molar refractivity (Wildman–Crippen MR) is 91.9 cm³/mol. The van der Waals surface area contributed by atoms with Crippen molar-refractivity contribution in [2.45, 2.75) is 26.4 Å². The lowest BCUT2D eigenvalue weighted by molar-refractivity contribution is -0.123. The Labute approximate surface area is 145 Å². The monoisotopic (exact) mass is 341 g/mol. The number of nitrogens with one attached hydrogen (secondary N) is 1. The fraction of sp³-hybridized carbons (Fsp3) is 0.263. The first-order valence-corrected chi connectivity index (χ1v) is 8.07. The highest BCUT2D eigenvalue weighted by molar-refractivity contribution is 5.97. The van der Waals surface area contributed by atoms with Crippen molar-refractivity contribution in [1.29, 1.82) is 0 Å². The number of anilines is 1. The van der Waals surface area contributed by atoms with Gasteiger partial charge in [-0.2, -0.15) is 0 Å². The van der Waals surface area contributed by atoms with E-state index >= 15 is 0 Å². The van der Waals surface area contributed by atoms with E-state index < -0.39 is 18.0 Å². The Hall–Kier alpha value is -3.02. The summed E-state index contributed by atoms with van der Waals surface area (Å²) in [7, 11) is 0. The molecule has 1 aliphatic rings. The van der Waals surface area contributed by atoms with Gasteiger partial charge in [0.05, 0.1) is 5.56 Å². The zero-order valence-electron chi connectivity index (χ0n) is 14.1. The molecule has 0 fully saturated rings. The average molecular weight is 341 g/mol. The van der Waals surface area contributed by atoms with Crippen LogP contribution in [0.15, 0.2) is 42.5 Å². The molecule has 1 amide bonds. The van der Waals surface area contributed by atoms with Gasteiger partial charge in [-0.05, 0) is 49.2 Å². The molecule has 130 valence electrons. The summed E-state index contributed by atoms with van der Waals surface area (Å²) in [4.78, 5) is 24.4. The molecule has 3 rings (SSSR count). The minimum Gasteiger partial charge on any atom is -0.454 e. The molecule has 2 aromatic carbocycles. The second kappa shape index (κ2) is 7.25. The van der Waals surface area contributed by atoms with Crippen LogP contribution in [0.1, 0.15) is 29.8 Å². The molecule has 1 atom stereocenters. The number of aryl methyl sites for hydroxylation is 1. The summed E-state index contributed by atoms with van der Waals surface area (Å²) in [6.07, 6.45) is 0.00129. The number of fused-ring (bicyclic) bond motifs is 1. The van der Waals surface area contributed by atoms with Crippen molar-refractivity contribution >= 4 is 17.6 Å². The van der Waals surface area contributed by atoms with Crippen LogP contribution in [0.3, 0.4) is 0 Å². The Kier molecular flexibility index (Phi) is 4.88. The molecule has 1 aliphatic heterocycles. The molecule has 0 bridgehead atoms. The Morgan fingerprint density at radius 1 is 1.12 bits per heavy atom. The molecular weight excluding hydrogens is 322 g/mol. The number of carbonyl (C=O) groups excluding carboxylic acids is 2. The summed E-state index contributed by atoms with van der Waals surface area (Å²) >= 11 is 0. The SMILES string of the molecule is CCc1ccc(NC(=O)[C@@H](C)OC(=O)c2ccc3c(c2)OCO3)cc1. The molecule has 0 aromatic heterocycles. The molecule has 0 saturated carbocycles. The molecule has 2 aromatic rings. The first kappa shape index (κ1) is 16.8. The van der Waals surface area contributed by atoms with Crippen molar-refractivity contribution in [1.82, 2.24) is 0 Å². The summed E-state index contributed by atoms with van der Waals surface area (Å²) in [5.74, 6) is 0.0843. The van der Waals surface area contributed by atoms with Crippen molar-refractivity contribution in [3.05, 3.63) is 53.6 Å². The largest absolute Gasteiger partial charge is 0.454 e. The molecule has 6 nitrogen and oxygen atoms in total. The molecule has 6 heteroatoms. The van der Waals surface area contributed by atoms with E-state index in [2.05, 4.69) is 12.2 Å². The highest BCUT2D eigenvalue weighted by atomic mass is 16.7. The smallest absolute Gasteiger partial charge is 0.339 e. The van der Waals surface area contributed by atoms with Crippen LogP contribution in [-0.2, 0) is 16.0 Å². The Bertz CT molecular complexity index is 785. The van der Waals surface area contributed by atoms with E-state index in [-0.39, 0.29) is 6.79 Å². The fourth-order valence-electron chi connectivity index (χ4n) is 2.37. The van der Waals surface area contributed by atoms with E-state index in [0.29, 0.717) is 22.7 Å². The lowest BCUT2D eigenvalue weighted by Crippen LogP contribution is -2.30. The van der Waals surface area contributed by atoms with Gasteiger partial charge in [-0.25, -0.2) is 4.79 Å². The van der Waals surface area contributed by atoms with Crippen LogP contribution in [0.4, 0.5) is 5.69 Å². The maximum Gasteiger partial charge on any atom is 0.339 e. The number of esters is 1. The normalized spacial score (nSPS) is 13.2. The number of hydrogen-bond acceptors (Lipinski definition) is 5. The average Bonchev–Trinajstić information content (AvgIpc) is 3.09. The molecule has 0 spiro atoms. The minimum atomic E-state index is -0.927. The summed E-state index contributed by atoms with van der Waals surface area (Å²) in [5.41, 5.74) is 2.14. The maximum atomic E-state index is 12.2. The van der Waals surface area contributed by atoms with Crippen LogP contribution in [-0.4, -0.2) is 24.8 Å². The first-order chi connectivity index (χ1) is 12.1. The third kappa shape index (κ3) is 3.91. The van der Waals surface area contributed by atoms with Gasteiger partial charge in [0.25, 0.3) is 5.91 Å². The maximum absolute atomic E-state index is 12.2. The van der Waals surface area contributed by atoms with Crippen molar-refractivity contribution < 1.29 is 23.8 Å². The topological polar surface area (TPSA) is 73.9 Å². The lowest BCUT2D eigenvalue weighted by Gasteiger charge is -2.14. The van der Waals surface area contributed by atoms with Crippen LogP contribution in [0.5, 0.6) is 11.5 Å². The quantitative estimate of drug-likeness (QED) is 0.846. The zero-order chi connectivity index (χ0) is 17.8. The van der Waals surface area contributed by atoms with E-state index in [0.717, 1.165) is 6.42 Å². The Balaban J connectivity index is 1.59. The summed E-state index contributed by atoms with van der Waals surface area (Å²) < 4.78 is 15.7. The van der Waals surface area contributed by atoms with Crippen molar-refractivity contribution in [3.8, 4) is 11.5 Å². The van der Waals surface area contributed by atoms with Gasteiger partial charge in [0.2, 0.25) is 6.79 Å². The van der Waals surface area contributed by atoms with Crippen molar-refractivity contribution in [2.75, 3.05) is 12.1 Å². The van der Waals surface area contributed by atoms with Gasteiger partial charge in [0.15, 0.2) is 17.6 Å². The molecular formula is C19H19NO5. The molecule has 1 heterocycles. The molecule has 0 unspecified atom stereocenters. The fourth-order valence-corrected chi connectivity index (χ4v) is 2.37. The van der Waals surface area contributed by atoms with Gasteiger partial charge >= 0.3 is 5.97 Å². The molecule has 0 radical (unpaired) electrons. The van der Waals surface area contributed by atoms with Crippen LogP contribution in [0.25, 0.3) is 0 Å². The van der Waals surface area contributed by atoms with Gasteiger partial charge in [-0.3, -0.25) is 4.79 Å². The van der Waals surface area contributed by atoms with Crippen molar-refractivity contribution in [3.63, 3.8) is 0 Å². The van der Waals surface area contributed by atoms with Gasteiger partial charge in [-0.15, -0.1) is 0 Å². The number of benzene rings is 2. The summed E-state index contributed by atoms with van der Waals surface area (Å²) in [5, 5.41) is 2.73. The summed E-state index contributed by atoms with van der Waals surface area (Å²) in [6.45, 7) is 3.72. The number of amides is 1. The first-order valence-electron chi connectivity index (χ1n) is 8.07. The lowest BCUT2D eigenvalue weighted by atomic mass is 10.1. The van der Waals surface area contributed by atoms with E-state index in [1.807, 2.05) is 24.3 Å². The van der Waals surface area contributed by atoms with E-state index in [4.69, 9.17) is 14.2 Å². The van der Waals surface area contributed by atoms with Crippen LogP contribution < -0.4 is 14.8 Å². The number of carbonyl (C=O) groups is 2. The van der Waals surface area contributed by atoms with Gasteiger partial charge < -0.3 is 19.5 Å².